The highest BCUT2D eigenvalue weighted by atomic mass is 19.1. The number of hydrogen-bond donors (Lipinski definition) is 0. The van der Waals surface area contributed by atoms with E-state index in [-0.39, 0.29) is 36.1 Å². The van der Waals surface area contributed by atoms with Gasteiger partial charge in [0.1, 0.15) is 5.82 Å². The second-order valence-corrected chi connectivity index (χ2v) is 8.93. The number of nitrogens with zero attached hydrogens (tertiary/aromatic N) is 4. The number of benzene rings is 2. The first-order valence-corrected chi connectivity index (χ1v) is 11.5. The fraction of sp³-hybridized carbons (Fsp3) is 0.308. The van der Waals surface area contributed by atoms with Crippen molar-refractivity contribution in [3.8, 4) is 5.69 Å². The maximum Gasteiger partial charge on any atom is 0.337 e. The van der Waals surface area contributed by atoms with E-state index in [0.29, 0.717) is 17.9 Å². The van der Waals surface area contributed by atoms with Gasteiger partial charge in [0.2, 0.25) is 0 Å². The predicted molar refractivity (Wildman–Crippen MR) is 129 cm³/mol. The van der Waals surface area contributed by atoms with Crippen LogP contribution in [0, 0.1) is 19.7 Å². The third kappa shape index (κ3) is 4.23. The molecule has 1 atom stereocenters. The summed E-state index contributed by atoms with van der Waals surface area (Å²) in [5, 5.41) is 0. The highest BCUT2D eigenvalue weighted by Gasteiger charge is 2.24. The summed E-state index contributed by atoms with van der Waals surface area (Å²) in [6.45, 7) is 4.38. The van der Waals surface area contributed by atoms with Crippen molar-refractivity contribution >= 4 is 16.9 Å². The van der Waals surface area contributed by atoms with Gasteiger partial charge >= 0.3 is 5.69 Å². The molecule has 3 heterocycles. The smallest absolute Gasteiger partial charge is 0.337 e. The number of aromatic nitrogens is 4. The minimum atomic E-state index is -0.587. The lowest BCUT2D eigenvalue weighted by Crippen LogP contribution is -2.42. The zero-order valence-corrected chi connectivity index (χ0v) is 19.5. The number of carbonyl (C=O) groups is 1. The van der Waals surface area contributed by atoms with E-state index < -0.39 is 17.1 Å². The molecule has 0 bridgehead atoms. The maximum absolute atomic E-state index is 13.6. The summed E-state index contributed by atoms with van der Waals surface area (Å²) in [4.78, 5) is 44.5. The summed E-state index contributed by atoms with van der Waals surface area (Å²) in [5.41, 5.74) is 1.94. The van der Waals surface area contributed by atoms with Gasteiger partial charge in [0, 0.05) is 12.2 Å². The third-order valence-corrected chi connectivity index (χ3v) is 6.39. The molecule has 1 fully saturated rings. The number of ether oxygens (including phenoxy) is 1. The summed E-state index contributed by atoms with van der Waals surface area (Å²) in [6, 6.07) is 11.0. The largest absolute Gasteiger partial charge is 0.376 e. The lowest BCUT2D eigenvalue weighted by molar-refractivity contribution is 0.0947. The Kier molecular flexibility index (Phi) is 5.94. The molecule has 1 unspecified atom stereocenters. The van der Waals surface area contributed by atoms with Gasteiger partial charge in [-0.15, -0.1) is 0 Å². The average molecular weight is 477 g/mol. The van der Waals surface area contributed by atoms with Crippen molar-refractivity contribution < 1.29 is 13.9 Å². The van der Waals surface area contributed by atoms with Gasteiger partial charge in [0.05, 0.1) is 31.2 Å². The standard InChI is InChI=1S/C26H25FN4O4/c1-16-5-10-21(17(2)12-16)22(32)14-29-15-28-24-23(29)25(33)30(13-20-4-3-11-35-20)26(34)31(24)19-8-6-18(27)7-9-19/h5-10,12,15,20H,3-4,11,13-14H2,1-2H3. The second kappa shape index (κ2) is 9.07. The van der Waals surface area contributed by atoms with E-state index in [2.05, 4.69) is 4.98 Å². The van der Waals surface area contributed by atoms with Crippen LogP contribution in [0.5, 0.6) is 0 Å². The highest BCUT2D eigenvalue weighted by molar-refractivity contribution is 5.98. The Hall–Kier alpha value is -3.85. The summed E-state index contributed by atoms with van der Waals surface area (Å²) in [6.07, 6.45) is 2.73. The average Bonchev–Trinajstić information content (AvgIpc) is 3.48. The molecule has 180 valence electrons. The Morgan fingerprint density at radius 2 is 1.91 bits per heavy atom. The molecule has 0 spiro atoms. The van der Waals surface area contributed by atoms with Crippen LogP contribution in [-0.2, 0) is 17.8 Å². The minimum absolute atomic E-state index is 0.0883. The molecule has 9 heteroatoms. The fourth-order valence-corrected chi connectivity index (χ4v) is 4.64. The first kappa shape index (κ1) is 22.9. The molecule has 2 aromatic carbocycles. The number of Topliss-reactive ketones (excluding diaryl/α,β-unsaturated/α-hetero) is 1. The van der Waals surface area contributed by atoms with Crippen molar-refractivity contribution in [2.45, 2.75) is 45.9 Å². The van der Waals surface area contributed by atoms with Crippen LogP contribution in [0.15, 0.2) is 58.4 Å². The Bertz CT molecular complexity index is 1540. The van der Waals surface area contributed by atoms with Crippen molar-refractivity contribution in [3.05, 3.63) is 92.1 Å². The van der Waals surface area contributed by atoms with Crippen LogP contribution in [0.1, 0.15) is 34.3 Å². The number of ketones is 1. The number of halogens is 1. The van der Waals surface area contributed by atoms with Crippen LogP contribution in [0.25, 0.3) is 16.9 Å². The number of carbonyl (C=O) groups excluding carboxylic acids is 1. The van der Waals surface area contributed by atoms with Crippen LogP contribution in [-0.4, -0.2) is 37.2 Å². The number of aryl methyl sites for hydroxylation is 2. The molecule has 35 heavy (non-hydrogen) atoms. The summed E-state index contributed by atoms with van der Waals surface area (Å²) in [7, 11) is 0. The van der Waals surface area contributed by atoms with Crippen LogP contribution >= 0.6 is 0 Å². The molecular formula is C26H25FN4O4. The zero-order chi connectivity index (χ0) is 24.7. The number of hydrogen-bond acceptors (Lipinski definition) is 5. The quantitative estimate of drug-likeness (QED) is 0.399. The first-order valence-electron chi connectivity index (χ1n) is 11.5. The Morgan fingerprint density at radius 3 is 2.60 bits per heavy atom. The Morgan fingerprint density at radius 1 is 1.14 bits per heavy atom. The summed E-state index contributed by atoms with van der Waals surface area (Å²) < 4.78 is 23.1. The molecule has 8 nitrogen and oxygen atoms in total. The first-order chi connectivity index (χ1) is 16.8. The number of rotatable bonds is 6. The van der Waals surface area contributed by atoms with Crippen molar-refractivity contribution in [3.63, 3.8) is 0 Å². The van der Waals surface area contributed by atoms with E-state index in [9.17, 15) is 18.8 Å². The Labute approximate surface area is 200 Å². The van der Waals surface area contributed by atoms with Gasteiger partial charge in [-0.2, -0.15) is 0 Å². The van der Waals surface area contributed by atoms with E-state index >= 15 is 0 Å². The molecule has 4 aromatic rings. The topological polar surface area (TPSA) is 88.1 Å². The van der Waals surface area contributed by atoms with Crippen LogP contribution < -0.4 is 11.2 Å². The lowest BCUT2D eigenvalue weighted by Gasteiger charge is -2.15. The highest BCUT2D eigenvalue weighted by Crippen LogP contribution is 2.18. The van der Waals surface area contributed by atoms with Gasteiger partial charge < -0.3 is 9.30 Å². The van der Waals surface area contributed by atoms with Crippen LogP contribution in [0.2, 0.25) is 0 Å². The minimum Gasteiger partial charge on any atom is -0.376 e. The molecule has 5 rings (SSSR count). The molecule has 1 aliphatic rings. The number of imidazole rings is 1. The van der Waals surface area contributed by atoms with Gasteiger partial charge in [0.25, 0.3) is 5.56 Å². The summed E-state index contributed by atoms with van der Waals surface area (Å²) >= 11 is 0. The SMILES string of the molecule is Cc1ccc(C(=O)Cn2cnc3c2c(=O)n(CC2CCCO2)c(=O)n3-c2ccc(F)cc2)c(C)c1. The molecule has 2 aromatic heterocycles. The van der Waals surface area contributed by atoms with E-state index in [1.54, 1.807) is 6.07 Å². The molecular weight excluding hydrogens is 451 g/mol. The normalized spacial score (nSPS) is 15.7. The van der Waals surface area contributed by atoms with Gasteiger partial charge in [-0.1, -0.05) is 23.8 Å². The van der Waals surface area contributed by atoms with Crippen LogP contribution in [0.3, 0.4) is 0 Å². The molecule has 0 amide bonds. The van der Waals surface area contributed by atoms with E-state index in [1.165, 1.54) is 39.7 Å². The third-order valence-electron chi connectivity index (χ3n) is 6.39. The van der Waals surface area contributed by atoms with Crippen LogP contribution in [0.4, 0.5) is 4.39 Å². The van der Waals surface area contributed by atoms with E-state index in [0.717, 1.165) is 28.5 Å². The molecule has 0 N–H and O–H groups in total. The fourth-order valence-electron chi connectivity index (χ4n) is 4.64. The monoisotopic (exact) mass is 476 g/mol. The van der Waals surface area contributed by atoms with Crippen molar-refractivity contribution in [1.29, 1.82) is 0 Å². The number of fused-ring (bicyclic) bond motifs is 1. The van der Waals surface area contributed by atoms with Crippen molar-refractivity contribution in [2.75, 3.05) is 6.61 Å². The molecule has 1 saturated heterocycles. The van der Waals surface area contributed by atoms with Crippen molar-refractivity contribution in [1.82, 2.24) is 18.7 Å². The Balaban J connectivity index is 1.67. The second-order valence-electron chi connectivity index (χ2n) is 8.93. The molecule has 0 saturated carbocycles. The van der Waals surface area contributed by atoms with Gasteiger partial charge in [-0.05, 0) is 56.5 Å². The van der Waals surface area contributed by atoms with Gasteiger partial charge in [0.15, 0.2) is 16.9 Å². The van der Waals surface area contributed by atoms with E-state index in [1.807, 2.05) is 26.0 Å². The maximum atomic E-state index is 13.6. The van der Waals surface area contributed by atoms with Crippen molar-refractivity contribution in [2.24, 2.45) is 0 Å². The van der Waals surface area contributed by atoms with Gasteiger partial charge in [-0.3, -0.25) is 14.2 Å². The molecule has 0 aliphatic carbocycles. The van der Waals surface area contributed by atoms with Gasteiger partial charge in [-0.25, -0.2) is 18.7 Å². The summed E-state index contributed by atoms with van der Waals surface area (Å²) in [5.74, 6) is -0.623. The predicted octanol–water partition coefficient (Wildman–Crippen LogP) is 3.17. The molecule has 0 radical (unpaired) electrons. The van der Waals surface area contributed by atoms with E-state index in [4.69, 9.17) is 4.74 Å². The zero-order valence-electron chi connectivity index (χ0n) is 19.5. The molecule has 1 aliphatic heterocycles. The lowest BCUT2D eigenvalue weighted by atomic mass is 10.0.